The van der Waals surface area contributed by atoms with Crippen molar-refractivity contribution < 1.29 is 0 Å². The van der Waals surface area contributed by atoms with Crippen LogP contribution in [0.4, 0.5) is 0 Å². The van der Waals surface area contributed by atoms with Crippen LogP contribution in [0.15, 0.2) is 78.9 Å². The average molecular weight is 280 g/mol. The van der Waals surface area contributed by atoms with Crippen molar-refractivity contribution in [2.75, 3.05) is 0 Å². The molecule has 0 bridgehead atoms. The summed E-state index contributed by atoms with van der Waals surface area (Å²) in [4.78, 5) is 0. The van der Waals surface area contributed by atoms with E-state index in [1.807, 2.05) is 0 Å². The Hall–Kier alpha value is -2.86. The molecule has 22 heavy (non-hydrogen) atoms. The molecule has 0 spiro atoms. The summed E-state index contributed by atoms with van der Waals surface area (Å²) in [5, 5.41) is 5.05. The second-order valence-corrected chi connectivity index (χ2v) is 5.47. The quantitative estimate of drug-likeness (QED) is 0.639. The van der Waals surface area contributed by atoms with Gasteiger partial charge in [0.2, 0.25) is 0 Å². The fourth-order valence-electron chi connectivity index (χ4n) is 2.95. The minimum atomic E-state index is 1.25. The lowest BCUT2D eigenvalue weighted by molar-refractivity contribution is 1.46. The molecular weight excluding hydrogens is 264 g/mol. The zero-order valence-corrected chi connectivity index (χ0v) is 12.2. The summed E-state index contributed by atoms with van der Waals surface area (Å²) in [6.45, 7) is 0. The molecule has 0 amide bonds. The summed E-state index contributed by atoms with van der Waals surface area (Å²) in [5.41, 5.74) is 2.52. The highest BCUT2D eigenvalue weighted by molar-refractivity contribution is 5.88. The normalized spacial score (nSPS) is 12.6. The van der Waals surface area contributed by atoms with Crippen molar-refractivity contribution in [2.24, 2.45) is 0 Å². The Morgan fingerprint density at radius 3 is 1.86 bits per heavy atom. The molecule has 1 aliphatic rings. The fourth-order valence-corrected chi connectivity index (χ4v) is 2.95. The molecule has 0 radical (unpaired) electrons. The molecular formula is C22H16. The van der Waals surface area contributed by atoms with Crippen LogP contribution < -0.4 is 20.9 Å². The van der Waals surface area contributed by atoms with E-state index in [0.29, 0.717) is 0 Å². The monoisotopic (exact) mass is 280 g/mol. The van der Waals surface area contributed by atoms with Crippen molar-refractivity contribution in [3.63, 3.8) is 0 Å². The Morgan fingerprint density at radius 2 is 1.05 bits per heavy atom. The number of hydrogen-bond donors (Lipinski definition) is 0. The van der Waals surface area contributed by atoms with Crippen LogP contribution in [-0.4, -0.2) is 0 Å². The average Bonchev–Trinajstić information content (AvgIpc) is 2.58. The summed E-state index contributed by atoms with van der Waals surface area (Å²) in [6, 6.07) is 27.7. The van der Waals surface area contributed by atoms with Gasteiger partial charge < -0.3 is 0 Å². The van der Waals surface area contributed by atoms with Gasteiger partial charge >= 0.3 is 0 Å². The third-order valence-electron chi connectivity index (χ3n) is 4.07. The molecule has 0 fully saturated rings. The summed E-state index contributed by atoms with van der Waals surface area (Å²) in [6.07, 6.45) is 6.71. The van der Waals surface area contributed by atoms with Crippen LogP contribution in [0.25, 0.3) is 23.8 Å². The lowest BCUT2D eigenvalue weighted by Gasteiger charge is -2.06. The van der Waals surface area contributed by atoms with Crippen molar-refractivity contribution >= 4 is 23.8 Å². The van der Waals surface area contributed by atoms with Crippen LogP contribution in [0.2, 0.25) is 0 Å². The van der Waals surface area contributed by atoms with Gasteiger partial charge in [-0.25, -0.2) is 0 Å². The SMILES string of the molecule is C1=c2ccccc2=CC(c2ccccc2)=c2ccccc2=C1. The van der Waals surface area contributed by atoms with Gasteiger partial charge in [0.05, 0.1) is 0 Å². The van der Waals surface area contributed by atoms with Gasteiger partial charge in [0.1, 0.15) is 0 Å². The van der Waals surface area contributed by atoms with Gasteiger partial charge in [0.25, 0.3) is 0 Å². The molecule has 0 nitrogen and oxygen atoms in total. The van der Waals surface area contributed by atoms with E-state index in [1.165, 1.54) is 32.0 Å². The minimum Gasteiger partial charge on any atom is -0.0622 e. The molecule has 0 aromatic heterocycles. The first-order valence-corrected chi connectivity index (χ1v) is 7.55. The van der Waals surface area contributed by atoms with Gasteiger partial charge in [0, 0.05) is 0 Å². The van der Waals surface area contributed by atoms with Crippen molar-refractivity contribution in [1.82, 2.24) is 0 Å². The molecule has 4 rings (SSSR count). The van der Waals surface area contributed by atoms with E-state index in [-0.39, 0.29) is 0 Å². The van der Waals surface area contributed by atoms with E-state index in [0.717, 1.165) is 0 Å². The second-order valence-electron chi connectivity index (χ2n) is 5.47. The van der Waals surface area contributed by atoms with Gasteiger partial charge in [-0.1, -0.05) is 91.0 Å². The van der Waals surface area contributed by atoms with Crippen LogP contribution in [0.5, 0.6) is 0 Å². The lowest BCUT2D eigenvalue weighted by Crippen LogP contribution is -2.31. The fraction of sp³-hybridized carbons (Fsp3) is 0. The summed E-state index contributed by atoms with van der Waals surface area (Å²) < 4.78 is 0. The maximum Gasteiger partial charge on any atom is -0.00992 e. The lowest BCUT2D eigenvalue weighted by atomic mass is 9.98. The topological polar surface area (TPSA) is 0 Å². The highest BCUT2D eigenvalue weighted by Crippen LogP contribution is 2.11. The van der Waals surface area contributed by atoms with Gasteiger partial charge in [-0.15, -0.1) is 0 Å². The Labute approximate surface area is 129 Å². The largest absolute Gasteiger partial charge is 0.0622 e. The van der Waals surface area contributed by atoms with Crippen molar-refractivity contribution in [3.05, 3.63) is 105 Å². The molecule has 0 heterocycles. The molecule has 0 saturated carbocycles. The maximum absolute atomic E-state index is 2.30. The number of fused-ring (bicyclic) bond motifs is 2. The Balaban J connectivity index is 2.20. The van der Waals surface area contributed by atoms with E-state index in [4.69, 9.17) is 0 Å². The first kappa shape index (κ1) is 12.8. The smallest absolute Gasteiger partial charge is 0.00992 e. The predicted octanol–water partition coefficient (Wildman–Crippen LogP) is 1.94. The van der Waals surface area contributed by atoms with Crippen LogP contribution in [-0.2, 0) is 0 Å². The summed E-state index contributed by atoms with van der Waals surface area (Å²) in [5.74, 6) is 0. The van der Waals surface area contributed by atoms with E-state index in [9.17, 15) is 0 Å². The van der Waals surface area contributed by atoms with Crippen LogP contribution in [0.3, 0.4) is 0 Å². The van der Waals surface area contributed by atoms with Crippen molar-refractivity contribution in [2.45, 2.75) is 0 Å². The van der Waals surface area contributed by atoms with Gasteiger partial charge in [-0.05, 0) is 38.1 Å². The van der Waals surface area contributed by atoms with Gasteiger partial charge in [-0.3, -0.25) is 0 Å². The standard InChI is InChI=1S/C22H16/c1-2-9-18(10-3-1)22-16-20-12-5-4-8-17(20)14-15-19-11-6-7-13-21(19)22/h1-16H. The Kier molecular flexibility index (Phi) is 3.21. The molecule has 0 heteroatoms. The maximum atomic E-state index is 2.30. The summed E-state index contributed by atoms with van der Waals surface area (Å²) in [7, 11) is 0. The van der Waals surface area contributed by atoms with Crippen LogP contribution >= 0.6 is 0 Å². The molecule has 0 N–H and O–H groups in total. The van der Waals surface area contributed by atoms with Crippen LogP contribution in [0.1, 0.15) is 5.56 Å². The third-order valence-corrected chi connectivity index (χ3v) is 4.07. The molecule has 0 unspecified atom stereocenters. The highest BCUT2D eigenvalue weighted by Gasteiger charge is 2.01. The van der Waals surface area contributed by atoms with Crippen molar-refractivity contribution in [3.8, 4) is 0 Å². The molecule has 3 aromatic rings. The number of rotatable bonds is 1. The van der Waals surface area contributed by atoms with Gasteiger partial charge in [-0.2, -0.15) is 0 Å². The van der Waals surface area contributed by atoms with Gasteiger partial charge in [0.15, 0.2) is 0 Å². The predicted molar refractivity (Wildman–Crippen MR) is 93.7 cm³/mol. The number of benzene rings is 3. The third kappa shape index (κ3) is 2.29. The van der Waals surface area contributed by atoms with E-state index in [2.05, 4.69) is 97.1 Å². The molecule has 104 valence electrons. The van der Waals surface area contributed by atoms with Crippen molar-refractivity contribution in [1.29, 1.82) is 0 Å². The zero-order valence-electron chi connectivity index (χ0n) is 12.2. The molecule has 3 aromatic carbocycles. The zero-order chi connectivity index (χ0) is 14.8. The molecule has 1 aliphatic carbocycles. The molecule has 0 aliphatic heterocycles. The van der Waals surface area contributed by atoms with Crippen LogP contribution in [0, 0.1) is 0 Å². The van der Waals surface area contributed by atoms with E-state index < -0.39 is 0 Å². The molecule has 0 saturated heterocycles. The Bertz CT molecular complexity index is 1050. The highest BCUT2D eigenvalue weighted by atomic mass is 14.1. The number of hydrogen-bond acceptors (Lipinski definition) is 0. The Morgan fingerprint density at radius 1 is 0.455 bits per heavy atom. The summed E-state index contributed by atoms with van der Waals surface area (Å²) >= 11 is 0. The minimum absolute atomic E-state index is 1.25. The van der Waals surface area contributed by atoms with E-state index >= 15 is 0 Å². The second kappa shape index (κ2) is 5.50. The first-order valence-electron chi connectivity index (χ1n) is 7.55. The first-order chi connectivity index (χ1) is 10.9. The molecule has 0 atom stereocenters. The van der Waals surface area contributed by atoms with E-state index in [1.54, 1.807) is 0 Å².